The highest BCUT2D eigenvalue weighted by molar-refractivity contribution is 7.17. The van der Waals surface area contributed by atoms with Crippen LogP contribution in [0.25, 0.3) is 21.3 Å². The van der Waals surface area contributed by atoms with Crippen LogP contribution in [0.2, 0.25) is 0 Å². The fraction of sp³-hybridized carbons (Fsp3) is 0.316. The zero-order chi connectivity index (χ0) is 18.8. The van der Waals surface area contributed by atoms with Crippen LogP contribution in [-0.4, -0.2) is 34.3 Å². The van der Waals surface area contributed by atoms with Gasteiger partial charge in [0.25, 0.3) is 5.56 Å². The molecular weight excluding hydrogens is 352 g/mol. The van der Waals surface area contributed by atoms with Gasteiger partial charge in [0.15, 0.2) is 0 Å². The summed E-state index contributed by atoms with van der Waals surface area (Å²) in [4.78, 5) is 29.5. The van der Waals surface area contributed by atoms with Crippen molar-refractivity contribution in [1.29, 1.82) is 0 Å². The first-order valence-corrected chi connectivity index (χ1v) is 9.09. The molecule has 26 heavy (non-hydrogen) atoms. The second kappa shape index (κ2) is 7.39. The summed E-state index contributed by atoms with van der Waals surface area (Å²) in [5.41, 5.74) is 3.66. The number of aromatic nitrogens is 2. The van der Waals surface area contributed by atoms with E-state index in [1.54, 1.807) is 7.11 Å². The minimum atomic E-state index is -1.07. The van der Waals surface area contributed by atoms with Crippen molar-refractivity contribution in [2.75, 3.05) is 13.7 Å². The number of carboxylic acids is 1. The minimum Gasteiger partial charge on any atom is -0.480 e. The summed E-state index contributed by atoms with van der Waals surface area (Å²) in [5.74, 6) is -0.643. The first kappa shape index (κ1) is 18.3. The van der Waals surface area contributed by atoms with Gasteiger partial charge in [0.2, 0.25) is 0 Å². The van der Waals surface area contributed by atoms with Crippen molar-refractivity contribution in [3.8, 4) is 11.1 Å². The SMILES string of the molecule is COCCc1nc2scc(-c3ccc(C)cc3C)c2c(=O)n1CC(=O)O. The van der Waals surface area contributed by atoms with E-state index in [9.17, 15) is 14.7 Å². The number of hydrogen-bond donors (Lipinski definition) is 1. The van der Waals surface area contributed by atoms with Crippen LogP contribution < -0.4 is 5.56 Å². The number of carbonyl (C=O) groups is 1. The average Bonchev–Trinajstić information content (AvgIpc) is 2.99. The van der Waals surface area contributed by atoms with Crippen molar-refractivity contribution in [2.45, 2.75) is 26.8 Å². The van der Waals surface area contributed by atoms with Crippen LogP contribution in [0, 0.1) is 13.8 Å². The van der Waals surface area contributed by atoms with Crippen LogP contribution in [0.15, 0.2) is 28.4 Å². The lowest BCUT2D eigenvalue weighted by Crippen LogP contribution is -2.29. The summed E-state index contributed by atoms with van der Waals surface area (Å²) in [6, 6.07) is 6.06. The molecule has 0 aliphatic carbocycles. The van der Waals surface area contributed by atoms with E-state index < -0.39 is 12.5 Å². The lowest BCUT2D eigenvalue weighted by Gasteiger charge is -2.11. The van der Waals surface area contributed by atoms with Gasteiger partial charge in [-0.3, -0.25) is 14.2 Å². The standard InChI is InChI=1S/C19H20N2O4S/c1-11-4-5-13(12(2)8-11)14-10-26-18-17(14)19(24)21(9-16(22)23)15(20-18)6-7-25-3/h4-5,8,10H,6-7,9H2,1-3H3,(H,22,23). The second-order valence-corrected chi connectivity index (χ2v) is 7.06. The second-order valence-electron chi connectivity index (χ2n) is 6.20. The normalized spacial score (nSPS) is 11.2. The van der Waals surface area contributed by atoms with E-state index in [0.717, 1.165) is 22.3 Å². The third kappa shape index (κ3) is 3.40. The number of fused-ring (bicyclic) bond motifs is 1. The molecular formula is C19H20N2O4S. The quantitative estimate of drug-likeness (QED) is 0.719. The number of nitrogens with zero attached hydrogens (tertiary/aromatic N) is 2. The van der Waals surface area contributed by atoms with Crippen LogP contribution >= 0.6 is 11.3 Å². The molecule has 7 heteroatoms. The third-order valence-corrected chi connectivity index (χ3v) is 5.14. The van der Waals surface area contributed by atoms with Crippen molar-refractivity contribution in [3.63, 3.8) is 0 Å². The number of aliphatic carboxylic acids is 1. The van der Waals surface area contributed by atoms with Crippen LogP contribution in [-0.2, 0) is 22.5 Å². The maximum absolute atomic E-state index is 13.1. The van der Waals surface area contributed by atoms with E-state index in [0.29, 0.717) is 29.1 Å². The molecule has 136 valence electrons. The highest BCUT2D eigenvalue weighted by Gasteiger charge is 2.19. The van der Waals surface area contributed by atoms with E-state index in [2.05, 4.69) is 11.1 Å². The van der Waals surface area contributed by atoms with E-state index in [4.69, 9.17) is 4.74 Å². The Morgan fingerprint density at radius 1 is 1.31 bits per heavy atom. The van der Waals surface area contributed by atoms with Gasteiger partial charge in [-0.05, 0) is 25.0 Å². The first-order chi connectivity index (χ1) is 12.4. The number of thiophene rings is 1. The third-order valence-electron chi connectivity index (χ3n) is 4.27. The number of aryl methyl sites for hydroxylation is 2. The molecule has 6 nitrogen and oxygen atoms in total. The number of carboxylic acid groups (broad SMARTS) is 1. The van der Waals surface area contributed by atoms with Gasteiger partial charge in [0, 0.05) is 24.5 Å². The lowest BCUT2D eigenvalue weighted by atomic mass is 9.99. The maximum Gasteiger partial charge on any atom is 0.323 e. The highest BCUT2D eigenvalue weighted by atomic mass is 32.1. The zero-order valence-electron chi connectivity index (χ0n) is 14.9. The molecule has 1 aromatic carbocycles. The Bertz CT molecular complexity index is 1040. The summed E-state index contributed by atoms with van der Waals surface area (Å²) >= 11 is 1.40. The molecule has 0 amide bonds. The van der Waals surface area contributed by atoms with Gasteiger partial charge < -0.3 is 9.84 Å². The van der Waals surface area contributed by atoms with Crippen molar-refractivity contribution < 1.29 is 14.6 Å². The Labute approximate surface area is 154 Å². The van der Waals surface area contributed by atoms with Crippen LogP contribution in [0.1, 0.15) is 17.0 Å². The molecule has 0 saturated heterocycles. The lowest BCUT2D eigenvalue weighted by molar-refractivity contribution is -0.137. The summed E-state index contributed by atoms with van der Waals surface area (Å²) in [5, 5.41) is 11.6. The molecule has 0 unspecified atom stereocenters. The smallest absolute Gasteiger partial charge is 0.323 e. The maximum atomic E-state index is 13.1. The molecule has 0 spiro atoms. The van der Waals surface area contributed by atoms with Gasteiger partial charge in [-0.15, -0.1) is 11.3 Å². The first-order valence-electron chi connectivity index (χ1n) is 8.21. The largest absolute Gasteiger partial charge is 0.480 e. The van der Waals surface area contributed by atoms with E-state index in [-0.39, 0.29) is 5.56 Å². The van der Waals surface area contributed by atoms with Crippen molar-refractivity contribution in [2.24, 2.45) is 0 Å². The Morgan fingerprint density at radius 2 is 2.08 bits per heavy atom. The van der Waals surface area contributed by atoms with Gasteiger partial charge in [-0.1, -0.05) is 23.8 Å². The average molecular weight is 372 g/mol. The Balaban J connectivity index is 2.25. The molecule has 2 aromatic heterocycles. The minimum absolute atomic E-state index is 0.320. The molecule has 0 aliphatic rings. The molecule has 0 bridgehead atoms. The molecule has 1 N–H and O–H groups in total. The summed E-state index contributed by atoms with van der Waals surface area (Å²) in [6.45, 7) is 3.98. The number of methoxy groups -OCH3 is 1. The fourth-order valence-electron chi connectivity index (χ4n) is 3.06. The predicted molar refractivity (Wildman–Crippen MR) is 102 cm³/mol. The number of benzene rings is 1. The monoisotopic (exact) mass is 372 g/mol. The van der Waals surface area contributed by atoms with Gasteiger partial charge in [0.05, 0.1) is 12.0 Å². The molecule has 3 rings (SSSR count). The molecule has 0 fully saturated rings. The van der Waals surface area contributed by atoms with Crippen LogP contribution in [0.5, 0.6) is 0 Å². The number of ether oxygens (including phenoxy) is 1. The van der Waals surface area contributed by atoms with E-state index in [1.807, 2.05) is 31.4 Å². The van der Waals surface area contributed by atoms with Gasteiger partial charge in [-0.2, -0.15) is 0 Å². The highest BCUT2D eigenvalue weighted by Crippen LogP contribution is 2.33. The topological polar surface area (TPSA) is 81.4 Å². The van der Waals surface area contributed by atoms with Crippen LogP contribution in [0.3, 0.4) is 0 Å². The fourth-order valence-corrected chi connectivity index (χ4v) is 4.01. The summed E-state index contributed by atoms with van der Waals surface area (Å²) in [7, 11) is 1.56. The molecule has 0 atom stereocenters. The number of hydrogen-bond acceptors (Lipinski definition) is 5. The van der Waals surface area contributed by atoms with Crippen molar-refractivity contribution in [1.82, 2.24) is 9.55 Å². The Hall–Kier alpha value is -2.51. The van der Waals surface area contributed by atoms with Crippen LogP contribution in [0.4, 0.5) is 0 Å². The Morgan fingerprint density at radius 3 is 2.73 bits per heavy atom. The number of rotatable bonds is 6. The summed E-state index contributed by atoms with van der Waals surface area (Å²) in [6.07, 6.45) is 0.381. The molecule has 0 aliphatic heterocycles. The van der Waals surface area contributed by atoms with Gasteiger partial charge >= 0.3 is 5.97 Å². The van der Waals surface area contributed by atoms with Gasteiger partial charge in [-0.25, -0.2) is 4.98 Å². The van der Waals surface area contributed by atoms with E-state index in [1.165, 1.54) is 15.9 Å². The zero-order valence-corrected chi connectivity index (χ0v) is 15.7. The molecule has 0 radical (unpaired) electrons. The molecule has 3 aromatic rings. The van der Waals surface area contributed by atoms with Crippen molar-refractivity contribution >= 4 is 27.5 Å². The van der Waals surface area contributed by atoms with Gasteiger partial charge in [0.1, 0.15) is 17.2 Å². The molecule has 2 heterocycles. The predicted octanol–water partition coefficient (Wildman–Crippen LogP) is 3.02. The Kier molecular flexibility index (Phi) is 5.20. The van der Waals surface area contributed by atoms with Crippen molar-refractivity contribution in [3.05, 3.63) is 50.9 Å². The van der Waals surface area contributed by atoms with E-state index >= 15 is 0 Å². The molecule has 0 saturated carbocycles. The summed E-state index contributed by atoms with van der Waals surface area (Å²) < 4.78 is 6.30.